The van der Waals surface area contributed by atoms with Crippen LogP contribution in [0.15, 0.2) is 36.4 Å². The van der Waals surface area contributed by atoms with Crippen molar-refractivity contribution in [3.8, 4) is 5.75 Å². The maximum absolute atomic E-state index is 12.6. The third-order valence-corrected chi connectivity index (χ3v) is 4.65. The number of rotatable bonds is 4. The molecule has 0 bridgehead atoms. The number of hydrogen-bond acceptors (Lipinski definition) is 4. The molecule has 0 spiro atoms. The number of ether oxygens (including phenoxy) is 2. The Balaban J connectivity index is 2.11. The van der Waals surface area contributed by atoms with Crippen molar-refractivity contribution in [1.82, 2.24) is 4.98 Å². The van der Waals surface area contributed by atoms with Crippen molar-refractivity contribution >= 4 is 17.6 Å². The molecule has 0 amide bonds. The van der Waals surface area contributed by atoms with E-state index in [9.17, 15) is 4.79 Å². The third-order valence-electron chi connectivity index (χ3n) is 4.44. The number of aromatic nitrogens is 1. The van der Waals surface area contributed by atoms with Crippen molar-refractivity contribution in [2.24, 2.45) is 0 Å². The zero-order valence-corrected chi connectivity index (χ0v) is 14.1. The van der Waals surface area contributed by atoms with Gasteiger partial charge in [0, 0.05) is 17.2 Å². The van der Waals surface area contributed by atoms with Gasteiger partial charge in [-0.3, -0.25) is 4.79 Å². The van der Waals surface area contributed by atoms with Crippen molar-refractivity contribution in [2.45, 2.75) is 24.7 Å². The highest BCUT2D eigenvalue weighted by Crippen LogP contribution is 2.62. The Hall–Kier alpha value is -2.07. The minimum absolute atomic E-state index is 0.0654. The molecule has 2 unspecified atom stereocenters. The molecule has 1 saturated carbocycles. The van der Waals surface area contributed by atoms with Gasteiger partial charge in [0.2, 0.25) is 0 Å². The number of halogens is 1. The van der Waals surface area contributed by atoms with Crippen LogP contribution in [0.2, 0.25) is 5.15 Å². The minimum atomic E-state index is -0.760. The highest BCUT2D eigenvalue weighted by molar-refractivity contribution is 6.29. The van der Waals surface area contributed by atoms with Gasteiger partial charge in [0.25, 0.3) is 0 Å². The second-order valence-electron chi connectivity index (χ2n) is 5.81. The van der Waals surface area contributed by atoms with Gasteiger partial charge in [-0.25, -0.2) is 4.98 Å². The van der Waals surface area contributed by atoms with Gasteiger partial charge in [-0.05, 0) is 31.5 Å². The van der Waals surface area contributed by atoms with Crippen LogP contribution in [0.1, 0.15) is 29.2 Å². The number of esters is 1. The molecule has 3 rings (SSSR count). The Morgan fingerprint density at radius 1 is 1.30 bits per heavy atom. The first-order valence-corrected chi connectivity index (χ1v) is 7.76. The van der Waals surface area contributed by atoms with E-state index in [-0.39, 0.29) is 11.9 Å². The van der Waals surface area contributed by atoms with E-state index in [1.54, 1.807) is 13.2 Å². The Morgan fingerprint density at radius 3 is 2.74 bits per heavy atom. The lowest BCUT2D eigenvalue weighted by atomic mass is 9.90. The predicted molar refractivity (Wildman–Crippen MR) is 88.0 cm³/mol. The molecule has 0 aliphatic heterocycles. The summed E-state index contributed by atoms with van der Waals surface area (Å²) in [5.74, 6) is 0.350. The third kappa shape index (κ3) is 2.57. The van der Waals surface area contributed by atoms with E-state index in [2.05, 4.69) is 4.98 Å². The predicted octanol–water partition coefficient (Wildman–Crippen LogP) is 3.65. The quantitative estimate of drug-likeness (QED) is 0.634. The summed E-state index contributed by atoms with van der Waals surface area (Å²) in [6.45, 7) is 1.99. The number of benzene rings is 1. The SMILES string of the molecule is COC(=O)C1(c2cc(C)ccc2OC)CC1c1cccc(Cl)n1. The normalized spacial score (nSPS) is 22.5. The Bertz CT molecular complexity index is 762. The van der Waals surface area contributed by atoms with Gasteiger partial charge < -0.3 is 9.47 Å². The Kier molecular flexibility index (Phi) is 4.02. The van der Waals surface area contributed by atoms with E-state index in [1.165, 1.54) is 7.11 Å². The van der Waals surface area contributed by atoms with Crippen LogP contribution >= 0.6 is 11.6 Å². The molecule has 5 heteroatoms. The van der Waals surface area contributed by atoms with E-state index >= 15 is 0 Å². The van der Waals surface area contributed by atoms with Crippen molar-refractivity contribution in [2.75, 3.05) is 14.2 Å². The van der Waals surface area contributed by atoms with Crippen LogP contribution in [0.3, 0.4) is 0 Å². The van der Waals surface area contributed by atoms with Gasteiger partial charge in [-0.1, -0.05) is 35.4 Å². The van der Waals surface area contributed by atoms with Gasteiger partial charge in [0.1, 0.15) is 16.3 Å². The summed E-state index contributed by atoms with van der Waals surface area (Å²) in [7, 11) is 3.02. The molecule has 0 saturated heterocycles. The van der Waals surface area contributed by atoms with Gasteiger partial charge >= 0.3 is 5.97 Å². The molecule has 2 atom stereocenters. The summed E-state index contributed by atoms with van der Waals surface area (Å²) in [6.07, 6.45) is 0.632. The molecule has 1 fully saturated rings. The topological polar surface area (TPSA) is 48.4 Å². The molecule has 1 heterocycles. The number of nitrogens with zero attached hydrogens (tertiary/aromatic N) is 1. The molecule has 1 aromatic carbocycles. The van der Waals surface area contributed by atoms with Crippen LogP contribution in [0, 0.1) is 6.92 Å². The number of pyridine rings is 1. The summed E-state index contributed by atoms with van der Waals surface area (Å²) >= 11 is 6.00. The van der Waals surface area contributed by atoms with Gasteiger partial charge in [0.05, 0.1) is 14.2 Å². The van der Waals surface area contributed by atoms with Crippen LogP contribution in [-0.4, -0.2) is 25.2 Å². The van der Waals surface area contributed by atoms with Crippen LogP contribution < -0.4 is 4.74 Å². The number of carbonyl (C=O) groups excluding carboxylic acids is 1. The van der Waals surface area contributed by atoms with E-state index < -0.39 is 5.41 Å². The van der Waals surface area contributed by atoms with Crippen molar-refractivity contribution < 1.29 is 14.3 Å². The van der Waals surface area contributed by atoms with E-state index in [0.717, 1.165) is 16.8 Å². The standard InChI is InChI=1S/C18H18ClNO3/c1-11-7-8-15(22-2)12(9-11)18(17(21)23-3)10-13(18)14-5-4-6-16(19)20-14/h4-9,13H,10H2,1-3H3. The summed E-state index contributed by atoms with van der Waals surface area (Å²) < 4.78 is 10.6. The summed E-state index contributed by atoms with van der Waals surface area (Å²) in [6, 6.07) is 11.3. The van der Waals surface area contributed by atoms with Gasteiger partial charge in [-0.15, -0.1) is 0 Å². The second kappa shape index (κ2) is 5.85. The van der Waals surface area contributed by atoms with Crippen LogP contribution in [0.4, 0.5) is 0 Å². The molecule has 1 aliphatic rings. The fourth-order valence-electron chi connectivity index (χ4n) is 3.22. The summed E-state index contributed by atoms with van der Waals surface area (Å²) in [5, 5.41) is 0.421. The number of carbonyl (C=O) groups is 1. The fraction of sp³-hybridized carbons (Fsp3) is 0.333. The maximum Gasteiger partial charge on any atom is 0.317 e. The molecule has 2 aromatic rings. The average Bonchev–Trinajstić information content (AvgIpc) is 3.31. The molecule has 23 heavy (non-hydrogen) atoms. The highest BCUT2D eigenvalue weighted by Gasteiger charge is 2.64. The zero-order chi connectivity index (χ0) is 16.6. The molecule has 120 valence electrons. The molecular formula is C18H18ClNO3. The molecule has 1 aliphatic carbocycles. The Labute approximate surface area is 140 Å². The second-order valence-corrected chi connectivity index (χ2v) is 6.20. The summed E-state index contributed by atoms with van der Waals surface area (Å²) in [5.41, 5.74) is 1.95. The lowest BCUT2D eigenvalue weighted by molar-refractivity contribution is -0.143. The van der Waals surface area contributed by atoms with Gasteiger partial charge in [0.15, 0.2) is 0 Å². The van der Waals surface area contributed by atoms with E-state index in [1.807, 2.05) is 37.3 Å². The number of hydrogen-bond donors (Lipinski definition) is 0. The summed E-state index contributed by atoms with van der Waals surface area (Å²) in [4.78, 5) is 17.0. The zero-order valence-electron chi connectivity index (χ0n) is 13.3. The van der Waals surface area contributed by atoms with E-state index in [0.29, 0.717) is 17.3 Å². The molecule has 0 radical (unpaired) electrons. The Morgan fingerprint density at radius 2 is 2.09 bits per heavy atom. The van der Waals surface area contributed by atoms with Crippen molar-refractivity contribution in [3.05, 3.63) is 58.4 Å². The van der Waals surface area contributed by atoms with Gasteiger partial charge in [-0.2, -0.15) is 0 Å². The average molecular weight is 332 g/mol. The maximum atomic E-state index is 12.6. The van der Waals surface area contributed by atoms with Crippen molar-refractivity contribution in [3.63, 3.8) is 0 Å². The fourth-order valence-corrected chi connectivity index (χ4v) is 3.39. The number of aryl methyl sites for hydroxylation is 1. The lowest BCUT2D eigenvalue weighted by Crippen LogP contribution is -2.25. The number of methoxy groups -OCH3 is 2. The van der Waals surface area contributed by atoms with E-state index in [4.69, 9.17) is 21.1 Å². The lowest BCUT2D eigenvalue weighted by Gasteiger charge is -2.19. The monoisotopic (exact) mass is 331 g/mol. The first-order chi connectivity index (χ1) is 11.0. The first kappa shape index (κ1) is 15.8. The first-order valence-electron chi connectivity index (χ1n) is 7.39. The molecular weight excluding hydrogens is 314 g/mol. The molecule has 0 N–H and O–H groups in total. The molecule has 4 nitrogen and oxygen atoms in total. The van der Waals surface area contributed by atoms with Crippen LogP contribution in [-0.2, 0) is 14.9 Å². The highest BCUT2D eigenvalue weighted by atomic mass is 35.5. The minimum Gasteiger partial charge on any atom is -0.496 e. The smallest absolute Gasteiger partial charge is 0.317 e. The largest absolute Gasteiger partial charge is 0.496 e. The van der Waals surface area contributed by atoms with Crippen molar-refractivity contribution in [1.29, 1.82) is 0 Å². The van der Waals surface area contributed by atoms with Crippen LogP contribution in [0.5, 0.6) is 5.75 Å². The molecule has 1 aromatic heterocycles. The van der Waals surface area contributed by atoms with Crippen LogP contribution in [0.25, 0.3) is 0 Å².